The predicted octanol–water partition coefficient (Wildman–Crippen LogP) is 3.78. The Hall–Kier alpha value is -5.27. The highest BCUT2D eigenvalue weighted by Crippen LogP contribution is 2.44. The van der Waals surface area contributed by atoms with Gasteiger partial charge in [-0.1, -0.05) is 76.2 Å². The van der Waals surface area contributed by atoms with Crippen molar-refractivity contribution in [3.05, 3.63) is 59.7 Å². The lowest BCUT2D eigenvalue weighted by atomic mass is 9.98. The lowest BCUT2D eigenvalue weighted by Gasteiger charge is -2.28. The fraction of sp³-hybridized carbons (Fsp3) is 0.548. The average molecular weight is 777 g/mol. The highest BCUT2D eigenvalue weighted by Gasteiger charge is 2.40. The summed E-state index contributed by atoms with van der Waals surface area (Å²) in [6, 6.07) is 11.2. The maximum absolute atomic E-state index is 13.9. The van der Waals surface area contributed by atoms with E-state index in [1.807, 2.05) is 62.4 Å². The zero-order chi connectivity index (χ0) is 41.3. The number of esters is 3. The second-order valence-electron chi connectivity index (χ2n) is 16.1. The zero-order valence-electron chi connectivity index (χ0n) is 33.6. The minimum Gasteiger partial charge on any atom is -0.467 e. The molecule has 2 aromatic rings. The van der Waals surface area contributed by atoms with Gasteiger partial charge in [0.15, 0.2) is 0 Å². The number of fused-ring (bicyclic) bond motifs is 3. The topological polar surface area (TPSA) is 187 Å². The number of rotatable bonds is 15. The maximum Gasteiger partial charge on any atom is 0.397 e. The average Bonchev–Trinajstić information content (AvgIpc) is 3.76. The smallest absolute Gasteiger partial charge is 0.397 e. The molecule has 3 N–H and O–H groups in total. The van der Waals surface area contributed by atoms with Gasteiger partial charge < -0.3 is 35.1 Å². The normalized spacial score (nSPS) is 16.6. The third-order valence-electron chi connectivity index (χ3n) is 9.78. The third kappa shape index (κ3) is 11.2. The number of likely N-dealkylation sites (tertiary alicyclic amines) is 1. The number of nitrogens with zero attached hydrogens (tertiary/aromatic N) is 1. The first-order valence-corrected chi connectivity index (χ1v) is 19.3. The Labute approximate surface area is 328 Å². The number of hydrogen-bond donors (Lipinski definition) is 3. The summed E-state index contributed by atoms with van der Waals surface area (Å²) < 4.78 is 15.8. The summed E-state index contributed by atoms with van der Waals surface area (Å²) in [6.07, 6.45) is 0.491. The number of methoxy groups -OCH3 is 1. The van der Waals surface area contributed by atoms with E-state index in [1.54, 1.807) is 34.6 Å². The molecule has 1 aliphatic heterocycles. The molecule has 0 saturated carbocycles. The van der Waals surface area contributed by atoms with Crippen LogP contribution >= 0.6 is 0 Å². The molecule has 56 heavy (non-hydrogen) atoms. The molecule has 14 nitrogen and oxygen atoms in total. The van der Waals surface area contributed by atoms with Gasteiger partial charge in [0, 0.05) is 18.9 Å². The van der Waals surface area contributed by atoms with Crippen molar-refractivity contribution in [2.75, 3.05) is 20.3 Å². The molecule has 2 aliphatic rings. The minimum atomic E-state index is -1.29. The van der Waals surface area contributed by atoms with Gasteiger partial charge in [-0.25, -0.2) is 9.59 Å². The number of hydrogen-bond acceptors (Lipinski definition) is 10. The van der Waals surface area contributed by atoms with Crippen LogP contribution in [0.5, 0.6) is 0 Å². The van der Waals surface area contributed by atoms with E-state index in [9.17, 15) is 33.6 Å². The van der Waals surface area contributed by atoms with E-state index < -0.39 is 71.3 Å². The van der Waals surface area contributed by atoms with Crippen LogP contribution in [0.3, 0.4) is 0 Å². The van der Waals surface area contributed by atoms with Gasteiger partial charge in [0.1, 0.15) is 36.4 Å². The molecule has 4 amide bonds. The van der Waals surface area contributed by atoms with Crippen molar-refractivity contribution in [1.29, 1.82) is 0 Å². The molecule has 4 rings (SSSR count). The first-order chi connectivity index (χ1) is 26.4. The molecule has 1 saturated heterocycles. The molecular weight excluding hydrogens is 720 g/mol. The van der Waals surface area contributed by atoms with Crippen LogP contribution < -0.4 is 16.0 Å². The van der Waals surface area contributed by atoms with E-state index in [4.69, 9.17) is 14.2 Å². The third-order valence-corrected chi connectivity index (χ3v) is 9.78. The van der Waals surface area contributed by atoms with Crippen molar-refractivity contribution in [2.24, 2.45) is 11.8 Å². The molecule has 0 aromatic heterocycles. The van der Waals surface area contributed by atoms with Crippen molar-refractivity contribution in [2.45, 2.75) is 116 Å². The van der Waals surface area contributed by atoms with Crippen LogP contribution in [0.1, 0.15) is 97.6 Å². The molecule has 14 heteroatoms. The van der Waals surface area contributed by atoms with E-state index >= 15 is 0 Å². The Kier molecular flexibility index (Phi) is 14.8. The summed E-state index contributed by atoms with van der Waals surface area (Å²) in [4.78, 5) is 94.1. The monoisotopic (exact) mass is 776 g/mol. The second kappa shape index (κ2) is 19.1. The lowest BCUT2D eigenvalue weighted by Crippen LogP contribution is -2.58. The predicted molar refractivity (Wildman–Crippen MR) is 207 cm³/mol. The Morgan fingerprint density at radius 2 is 1.41 bits per heavy atom. The van der Waals surface area contributed by atoms with Crippen LogP contribution in [-0.2, 0) is 47.8 Å². The molecule has 304 valence electrons. The van der Waals surface area contributed by atoms with Crippen LogP contribution in [0.4, 0.5) is 0 Å². The minimum absolute atomic E-state index is 0.0554. The quantitative estimate of drug-likeness (QED) is 0.137. The van der Waals surface area contributed by atoms with Gasteiger partial charge in [-0.3, -0.25) is 24.0 Å². The van der Waals surface area contributed by atoms with E-state index in [2.05, 4.69) is 16.0 Å². The first kappa shape index (κ1) is 43.5. The first-order valence-electron chi connectivity index (χ1n) is 19.3. The molecule has 2 aromatic carbocycles. The second-order valence-corrected chi connectivity index (χ2v) is 16.1. The maximum atomic E-state index is 13.9. The van der Waals surface area contributed by atoms with Gasteiger partial charge in [-0.15, -0.1) is 0 Å². The van der Waals surface area contributed by atoms with Gasteiger partial charge in [0.2, 0.25) is 17.7 Å². The number of carbonyl (C=O) groups excluding carboxylic acids is 7. The Morgan fingerprint density at radius 3 is 1.96 bits per heavy atom. The number of carbonyl (C=O) groups is 7. The summed E-state index contributed by atoms with van der Waals surface area (Å²) in [7, 11) is 1.20. The Balaban J connectivity index is 1.45. The van der Waals surface area contributed by atoms with Crippen molar-refractivity contribution >= 4 is 41.5 Å². The summed E-state index contributed by atoms with van der Waals surface area (Å²) in [6.45, 7) is 12.3. The molecule has 1 fully saturated rings. The van der Waals surface area contributed by atoms with Crippen LogP contribution in [0.2, 0.25) is 0 Å². The van der Waals surface area contributed by atoms with E-state index in [-0.39, 0.29) is 56.6 Å². The summed E-state index contributed by atoms with van der Waals surface area (Å²) in [5.41, 5.74) is 3.30. The molecule has 1 heterocycles. The van der Waals surface area contributed by atoms with Crippen molar-refractivity contribution in [1.82, 2.24) is 20.9 Å². The van der Waals surface area contributed by atoms with Gasteiger partial charge >= 0.3 is 23.8 Å². The van der Waals surface area contributed by atoms with E-state index in [0.29, 0.717) is 6.42 Å². The summed E-state index contributed by atoms with van der Waals surface area (Å²) in [5, 5.41) is 8.03. The highest BCUT2D eigenvalue weighted by molar-refractivity contribution is 6.33. The van der Waals surface area contributed by atoms with Crippen LogP contribution in [0.15, 0.2) is 48.5 Å². The molecule has 1 aliphatic carbocycles. The van der Waals surface area contributed by atoms with Gasteiger partial charge in [-0.05, 0) is 80.5 Å². The molecular formula is C42H56N4O10. The van der Waals surface area contributed by atoms with Crippen LogP contribution in [0.25, 0.3) is 11.1 Å². The molecule has 0 spiro atoms. The van der Waals surface area contributed by atoms with Crippen LogP contribution in [0, 0.1) is 11.8 Å². The van der Waals surface area contributed by atoms with Crippen molar-refractivity contribution < 1.29 is 47.8 Å². The van der Waals surface area contributed by atoms with Gasteiger partial charge in [-0.2, -0.15) is 0 Å². The van der Waals surface area contributed by atoms with Gasteiger partial charge in [0.05, 0.1) is 7.11 Å². The lowest BCUT2D eigenvalue weighted by molar-refractivity contribution is -0.161. The summed E-state index contributed by atoms with van der Waals surface area (Å²) >= 11 is 0. The number of nitrogens with one attached hydrogen (secondary N) is 3. The zero-order valence-corrected chi connectivity index (χ0v) is 33.6. The number of benzene rings is 2. The standard InChI is InChI=1S/C42H56N4O10/c1-24(2)22-32(37(49)43-31(19-20-34(47)56-42(5,6)7)36(48)45-35(25(3)4)40(52)54-8)44-38(50)33-18-13-21-46(33)39(51)41(53)55-23-30-28-16-11-9-14-26(28)27-15-10-12-17-29(27)30/h9-12,14-17,24-25,30-33,35H,13,18-23H2,1-8H3,(H,43,49)(H,44,50)(H,45,48)/t31-,32-,33?,35-/m0/s1. The highest BCUT2D eigenvalue weighted by atomic mass is 16.6. The fourth-order valence-corrected chi connectivity index (χ4v) is 7.11. The molecule has 0 bridgehead atoms. The number of amides is 4. The SMILES string of the molecule is COC(=O)[C@@H](NC(=O)[C@H](CCC(=O)OC(C)(C)C)NC(=O)[C@H](CC(C)C)NC(=O)C1CCCN1C(=O)C(=O)OCC1c2ccccc2-c2ccccc21)C(C)C. The molecule has 1 unspecified atom stereocenters. The largest absolute Gasteiger partial charge is 0.467 e. The van der Waals surface area contributed by atoms with E-state index in [1.165, 1.54) is 12.0 Å². The Bertz CT molecular complexity index is 1740. The van der Waals surface area contributed by atoms with E-state index in [0.717, 1.165) is 22.3 Å². The van der Waals surface area contributed by atoms with Gasteiger partial charge in [0.25, 0.3) is 0 Å². The molecule has 0 radical (unpaired) electrons. The fourth-order valence-electron chi connectivity index (χ4n) is 7.11. The Morgan fingerprint density at radius 1 is 0.821 bits per heavy atom. The van der Waals surface area contributed by atoms with Crippen molar-refractivity contribution in [3.8, 4) is 11.1 Å². The summed E-state index contributed by atoms with van der Waals surface area (Å²) in [5.74, 6) is -6.05. The van der Waals surface area contributed by atoms with Crippen molar-refractivity contribution in [3.63, 3.8) is 0 Å². The van der Waals surface area contributed by atoms with Crippen LogP contribution in [-0.4, -0.2) is 96.5 Å². The molecule has 4 atom stereocenters. The number of ether oxygens (including phenoxy) is 3.